The molecule has 0 bridgehead atoms. The fraction of sp³-hybridized carbons (Fsp3) is 1.00. The molecule has 0 rings (SSSR count). The van der Waals surface area contributed by atoms with Gasteiger partial charge in [0, 0.05) is 26.3 Å². The van der Waals surface area contributed by atoms with Crippen molar-refractivity contribution in [1.29, 1.82) is 0 Å². The zero-order valence-electron chi connectivity index (χ0n) is 9.05. The van der Waals surface area contributed by atoms with Crippen LogP contribution in [0.1, 0.15) is 26.7 Å². The van der Waals surface area contributed by atoms with E-state index in [0.717, 1.165) is 26.0 Å². The summed E-state index contributed by atoms with van der Waals surface area (Å²) in [6.45, 7) is 6.07. The topological polar surface area (TPSA) is 41.5 Å². The van der Waals surface area contributed by atoms with Crippen molar-refractivity contribution < 1.29 is 9.84 Å². The van der Waals surface area contributed by atoms with Crippen molar-refractivity contribution in [2.24, 2.45) is 5.92 Å². The normalized spacial score (nSPS) is 15.7. The SMILES string of the molecule is CCCC(COC)NCC(C)CO. The van der Waals surface area contributed by atoms with Crippen LogP contribution < -0.4 is 5.32 Å². The van der Waals surface area contributed by atoms with E-state index in [1.54, 1.807) is 7.11 Å². The zero-order chi connectivity index (χ0) is 10.1. The maximum Gasteiger partial charge on any atom is 0.0615 e. The Hall–Kier alpha value is -0.120. The highest BCUT2D eigenvalue weighted by molar-refractivity contribution is 4.67. The van der Waals surface area contributed by atoms with Gasteiger partial charge in [0.25, 0.3) is 0 Å². The Labute approximate surface area is 81.5 Å². The molecule has 0 aliphatic rings. The maximum absolute atomic E-state index is 8.84. The first-order valence-electron chi connectivity index (χ1n) is 5.07. The van der Waals surface area contributed by atoms with Crippen molar-refractivity contribution in [2.45, 2.75) is 32.7 Å². The van der Waals surface area contributed by atoms with Crippen LogP contribution >= 0.6 is 0 Å². The van der Waals surface area contributed by atoms with Gasteiger partial charge in [-0.15, -0.1) is 0 Å². The van der Waals surface area contributed by atoms with Gasteiger partial charge in [-0.3, -0.25) is 0 Å². The highest BCUT2D eigenvalue weighted by atomic mass is 16.5. The molecular weight excluding hydrogens is 166 g/mol. The predicted molar refractivity (Wildman–Crippen MR) is 54.8 cm³/mol. The van der Waals surface area contributed by atoms with E-state index in [9.17, 15) is 0 Å². The average molecular weight is 189 g/mol. The fourth-order valence-corrected chi connectivity index (χ4v) is 1.23. The van der Waals surface area contributed by atoms with Gasteiger partial charge in [-0.25, -0.2) is 0 Å². The van der Waals surface area contributed by atoms with Crippen molar-refractivity contribution in [3.8, 4) is 0 Å². The maximum atomic E-state index is 8.84. The van der Waals surface area contributed by atoms with Gasteiger partial charge in [0.05, 0.1) is 6.61 Å². The molecule has 0 heterocycles. The Morgan fingerprint density at radius 1 is 1.46 bits per heavy atom. The third kappa shape index (κ3) is 6.99. The van der Waals surface area contributed by atoms with E-state index in [-0.39, 0.29) is 6.61 Å². The minimum Gasteiger partial charge on any atom is -0.396 e. The van der Waals surface area contributed by atoms with Crippen LogP contribution in [0.15, 0.2) is 0 Å². The monoisotopic (exact) mass is 189 g/mol. The zero-order valence-corrected chi connectivity index (χ0v) is 9.05. The van der Waals surface area contributed by atoms with Crippen LogP contribution in [0.5, 0.6) is 0 Å². The molecule has 0 fully saturated rings. The average Bonchev–Trinajstić information content (AvgIpc) is 2.14. The van der Waals surface area contributed by atoms with Gasteiger partial charge in [-0.2, -0.15) is 0 Å². The summed E-state index contributed by atoms with van der Waals surface area (Å²) in [5, 5.41) is 12.2. The van der Waals surface area contributed by atoms with E-state index in [2.05, 4.69) is 12.2 Å². The molecule has 0 aromatic carbocycles. The molecule has 0 aliphatic carbocycles. The van der Waals surface area contributed by atoms with Crippen LogP contribution in [0.2, 0.25) is 0 Å². The van der Waals surface area contributed by atoms with Crippen LogP contribution in [0.25, 0.3) is 0 Å². The molecule has 80 valence electrons. The first-order valence-corrected chi connectivity index (χ1v) is 5.07. The number of rotatable bonds is 8. The second-order valence-corrected chi connectivity index (χ2v) is 3.64. The second kappa shape index (κ2) is 8.48. The summed E-state index contributed by atoms with van der Waals surface area (Å²) < 4.78 is 5.10. The minimum atomic E-state index is 0.249. The third-order valence-electron chi connectivity index (χ3n) is 2.07. The van der Waals surface area contributed by atoms with Crippen LogP contribution in [0.3, 0.4) is 0 Å². The molecule has 2 unspecified atom stereocenters. The fourth-order valence-electron chi connectivity index (χ4n) is 1.23. The van der Waals surface area contributed by atoms with Gasteiger partial charge in [0.2, 0.25) is 0 Å². The van der Waals surface area contributed by atoms with E-state index in [4.69, 9.17) is 9.84 Å². The second-order valence-electron chi connectivity index (χ2n) is 3.64. The number of nitrogens with one attached hydrogen (secondary N) is 1. The summed E-state index contributed by atoms with van der Waals surface area (Å²) in [6.07, 6.45) is 2.29. The van der Waals surface area contributed by atoms with Gasteiger partial charge < -0.3 is 15.2 Å². The molecule has 0 spiro atoms. The number of methoxy groups -OCH3 is 1. The Morgan fingerprint density at radius 3 is 2.62 bits per heavy atom. The molecule has 0 saturated heterocycles. The van der Waals surface area contributed by atoms with E-state index >= 15 is 0 Å². The van der Waals surface area contributed by atoms with Gasteiger partial charge in [0.1, 0.15) is 0 Å². The molecule has 0 radical (unpaired) electrons. The quantitative estimate of drug-likeness (QED) is 0.599. The number of ether oxygens (including phenoxy) is 1. The standard InChI is InChI=1S/C10H23NO2/c1-4-5-10(8-13-3)11-6-9(2)7-12/h9-12H,4-8H2,1-3H3. The molecule has 3 nitrogen and oxygen atoms in total. The summed E-state index contributed by atoms with van der Waals surface area (Å²) in [4.78, 5) is 0. The number of hydrogen-bond donors (Lipinski definition) is 2. The van der Waals surface area contributed by atoms with Gasteiger partial charge in [0.15, 0.2) is 0 Å². The molecule has 0 aliphatic heterocycles. The third-order valence-corrected chi connectivity index (χ3v) is 2.07. The van der Waals surface area contributed by atoms with Crippen LogP contribution in [-0.2, 0) is 4.74 Å². The van der Waals surface area contributed by atoms with Crippen LogP contribution in [0, 0.1) is 5.92 Å². The van der Waals surface area contributed by atoms with Crippen LogP contribution in [-0.4, -0.2) is 38.0 Å². The van der Waals surface area contributed by atoms with Crippen molar-refractivity contribution in [2.75, 3.05) is 26.9 Å². The largest absolute Gasteiger partial charge is 0.396 e. The highest BCUT2D eigenvalue weighted by Gasteiger charge is 2.07. The molecule has 2 atom stereocenters. The lowest BCUT2D eigenvalue weighted by Gasteiger charge is -2.19. The number of aliphatic hydroxyl groups excluding tert-OH is 1. The summed E-state index contributed by atoms with van der Waals surface area (Å²) in [5.41, 5.74) is 0. The number of hydrogen-bond acceptors (Lipinski definition) is 3. The first-order chi connectivity index (χ1) is 6.24. The van der Waals surface area contributed by atoms with E-state index in [0.29, 0.717) is 12.0 Å². The molecule has 0 amide bonds. The van der Waals surface area contributed by atoms with Crippen molar-refractivity contribution in [1.82, 2.24) is 5.32 Å². The summed E-state index contributed by atoms with van der Waals surface area (Å²) >= 11 is 0. The minimum absolute atomic E-state index is 0.249. The van der Waals surface area contributed by atoms with E-state index in [1.165, 1.54) is 0 Å². The van der Waals surface area contributed by atoms with Crippen molar-refractivity contribution in [3.63, 3.8) is 0 Å². The highest BCUT2D eigenvalue weighted by Crippen LogP contribution is 1.98. The molecule has 2 N–H and O–H groups in total. The summed E-state index contributed by atoms with van der Waals surface area (Å²) in [5.74, 6) is 0.330. The molecular formula is C10H23NO2. The molecule has 0 aromatic rings. The Morgan fingerprint density at radius 2 is 2.15 bits per heavy atom. The summed E-state index contributed by atoms with van der Waals surface area (Å²) in [7, 11) is 1.72. The van der Waals surface area contributed by atoms with Crippen molar-refractivity contribution in [3.05, 3.63) is 0 Å². The molecule has 13 heavy (non-hydrogen) atoms. The summed E-state index contributed by atoms with van der Waals surface area (Å²) in [6, 6.07) is 0.434. The Balaban J connectivity index is 3.55. The van der Waals surface area contributed by atoms with Gasteiger partial charge >= 0.3 is 0 Å². The van der Waals surface area contributed by atoms with E-state index in [1.807, 2.05) is 6.92 Å². The molecule has 0 aromatic heterocycles. The number of aliphatic hydroxyl groups is 1. The lowest BCUT2D eigenvalue weighted by molar-refractivity contribution is 0.155. The molecule has 3 heteroatoms. The molecule has 0 saturated carbocycles. The lowest BCUT2D eigenvalue weighted by atomic mass is 10.1. The first kappa shape index (κ1) is 12.9. The Bertz CT molecular complexity index is 103. The Kier molecular flexibility index (Phi) is 8.40. The lowest BCUT2D eigenvalue weighted by Crippen LogP contribution is -2.36. The van der Waals surface area contributed by atoms with Gasteiger partial charge in [-0.05, 0) is 12.3 Å². The van der Waals surface area contributed by atoms with Crippen molar-refractivity contribution >= 4 is 0 Å². The van der Waals surface area contributed by atoms with Gasteiger partial charge in [-0.1, -0.05) is 20.3 Å². The predicted octanol–water partition coefficient (Wildman–Crippen LogP) is 1.02. The van der Waals surface area contributed by atoms with E-state index < -0.39 is 0 Å². The smallest absolute Gasteiger partial charge is 0.0615 e. The van der Waals surface area contributed by atoms with Crippen LogP contribution in [0.4, 0.5) is 0 Å².